The molecule has 0 atom stereocenters. The van der Waals surface area contributed by atoms with Gasteiger partial charge in [0.15, 0.2) is 11.7 Å². The molecule has 0 aromatic carbocycles. The lowest BCUT2D eigenvalue weighted by Gasteiger charge is -2.04. The molecule has 2 rings (SSSR count). The third-order valence-electron chi connectivity index (χ3n) is 1.78. The summed E-state index contributed by atoms with van der Waals surface area (Å²) in [6.07, 6.45) is 3.20. The second-order valence-corrected chi connectivity index (χ2v) is 4.05. The lowest BCUT2D eigenvalue weighted by atomic mass is 10.5. The van der Waals surface area contributed by atoms with E-state index in [2.05, 4.69) is 20.3 Å². The smallest absolute Gasteiger partial charge is 0.317 e. The number of amides is 1. The Balaban J connectivity index is 1.84. The Morgan fingerprint density at radius 3 is 3.06 bits per heavy atom. The van der Waals surface area contributed by atoms with E-state index in [1.165, 1.54) is 11.3 Å². The molecule has 88 valence electrons. The van der Waals surface area contributed by atoms with Crippen molar-refractivity contribution in [3.05, 3.63) is 29.5 Å². The molecular formula is C10H10N4O2S. The predicted molar refractivity (Wildman–Crippen MR) is 63.0 cm³/mol. The molecule has 1 N–H and O–H groups in total. The number of aromatic nitrogens is 3. The molecule has 7 heteroatoms. The normalized spacial score (nSPS) is 9.94. The first-order chi connectivity index (χ1) is 8.24. The van der Waals surface area contributed by atoms with Gasteiger partial charge in [0.1, 0.15) is 0 Å². The number of carbonyl (C=O) groups is 1. The highest BCUT2D eigenvalue weighted by Crippen LogP contribution is 2.10. The highest BCUT2D eigenvalue weighted by atomic mass is 32.1. The number of rotatable bonds is 4. The Kier molecular flexibility index (Phi) is 3.61. The number of anilines is 1. The van der Waals surface area contributed by atoms with Crippen molar-refractivity contribution in [1.29, 1.82) is 0 Å². The van der Waals surface area contributed by atoms with Crippen molar-refractivity contribution < 1.29 is 9.53 Å². The Morgan fingerprint density at radius 1 is 1.47 bits per heavy atom. The topological polar surface area (TPSA) is 77.0 Å². The number of thiazole rings is 1. The van der Waals surface area contributed by atoms with Crippen molar-refractivity contribution in [2.24, 2.45) is 0 Å². The van der Waals surface area contributed by atoms with E-state index in [9.17, 15) is 4.79 Å². The lowest BCUT2D eigenvalue weighted by Crippen LogP contribution is -2.20. The van der Waals surface area contributed by atoms with Gasteiger partial charge >= 0.3 is 6.01 Å². The van der Waals surface area contributed by atoms with Crippen LogP contribution in [0.3, 0.4) is 0 Å². The number of aryl methyl sites for hydroxylation is 1. The van der Waals surface area contributed by atoms with E-state index in [0.717, 1.165) is 5.69 Å². The van der Waals surface area contributed by atoms with Crippen molar-refractivity contribution >= 4 is 22.4 Å². The first-order valence-electron chi connectivity index (χ1n) is 4.86. The molecule has 0 aliphatic rings. The van der Waals surface area contributed by atoms with Crippen molar-refractivity contribution in [2.75, 3.05) is 11.9 Å². The summed E-state index contributed by atoms with van der Waals surface area (Å²) in [6.45, 7) is 1.69. The molecule has 0 spiro atoms. The SMILES string of the molecule is Cc1ccnc(OCC(=O)Nc2nccs2)n1. The van der Waals surface area contributed by atoms with E-state index in [1.54, 1.807) is 23.8 Å². The van der Waals surface area contributed by atoms with Gasteiger partial charge in [0.05, 0.1) is 0 Å². The molecule has 0 bridgehead atoms. The summed E-state index contributed by atoms with van der Waals surface area (Å²) in [5.74, 6) is -0.287. The standard InChI is InChI=1S/C10H10N4O2S/c1-7-2-3-11-9(13-7)16-6-8(15)14-10-12-4-5-17-10/h2-5H,6H2,1H3,(H,12,14,15). The van der Waals surface area contributed by atoms with Gasteiger partial charge in [-0.05, 0) is 13.0 Å². The second kappa shape index (κ2) is 5.35. The summed E-state index contributed by atoms with van der Waals surface area (Å²) in [5, 5.41) is 4.92. The number of nitrogens with zero attached hydrogens (tertiary/aromatic N) is 3. The maximum Gasteiger partial charge on any atom is 0.317 e. The molecule has 6 nitrogen and oxygen atoms in total. The van der Waals surface area contributed by atoms with Crippen molar-refractivity contribution in [2.45, 2.75) is 6.92 Å². The summed E-state index contributed by atoms with van der Waals surface area (Å²) >= 11 is 1.35. The Labute approximate surface area is 102 Å². The fourth-order valence-electron chi connectivity index (χ4n) is 1.07. The van der Waals surface area contributed by atoms with E-state index in [0.29, 0.717) is 5.13 Å². The molecule has 0 fully saturated rings. The van der Waals surface area contributed by atoms with Crippen LogP contribution in [0.2, 0.25) is 0 Å². The van der Waals surface area contributed by atoms with Crippen LogP contribution in [0.4, 0.5) is 5.13 Å². The van der Waals surface area contributed by atoms with Crippen LogP contribution >= 0.6 is 11.3 Å². The second-order valence-electron chi connectivity index (χ2n) is 3.15. The van der Waals surface area contributed by atoms with Gasteiger partial charge in [-0.1, -0.05) is 0 Å². The van der Waals surface area contributed by atoms with Gasteiger partial charge < -0.3 is 4.74 Å². The molecule has 0 aliphatic heterocycles. The molecule has 0 saturated heterocycles. The maximum absolute atomic E-state index is 11.4. The lowest BCUT2D eigenvalue weighted by molar-refractivity contribution is -0.118. The van der Waals surface area contributed by atoms with Crippen molar-refractivity contribution in [3.63, 3.8) is 0 Å². The average Bonchev–Trinajstić information content (AvgIpc) is 2.79. The minimum atomic E-state index is -0.287. The number of carbonyl (C=O) groups excluding carboxylic acids is 1. The average molecular weight is 250 g/mol. The van der Waals surface area contributed by atoms with E-state index in [1.807, 2.05) is 6.92 Å². The van der Waals surface area contributed by atoms with E-state index >= 15 is 0 Å². The van der Waals surface area contributed by atoms with Crippen LogP contribution in [0.15, 0.2) is 23.8 Å². The Hall–Kier alpha value is -2.02. The van der Waals surface area contributed by atoms with Crippen LogP contribution in [0.25, 0.3) is 0 Å². The van der Waals surface area contributed by atoms with E-state index < -0.39 is 0 Å². The minimum Gasteiger partial charge on any atom is -0.453 e. The number of ether oxygens (including phenoxy) is 1. The zero-order chi connectivity index (χ0) is 12.1. The van der Waals surface area contributed by atoms with Gasteiger partial charge in [0.25, 0.3) is 5.91 Å². The fourth-order valence-corrected chi connectivity index (χ4v) is 1.61. The van der Waals surface area contributed by atoms with Crippen LogP contribution in [0, 0.1) is 6.92 Å². The molecule has 0 saturated carbocycles. The van der Waals surface area contributed by atoms with Crippen LogP contribution in [-0.4, -0.2) is 27.5 Å². The van der Waals surface area contributed by atoms with Gasteiger partial charge in [-0.3, -0.25) is 10.1 Å². The molecule has 0 unspecified atom stereocenters. The predicted octanol–water partition coefficient (Wildman–Crippen LogP) is 1.26. The Morgan fingerprint density at radius 2 is 2.35 bits per heavy atom. The third kappa shape index (κ3) is 3.49. The van der Waals surface area contributed by atoms with Gasteiger partial charge in [-0.15, -0.1) is 11.3 Å². The summed E-state index contributed by atoms with van der Waals surface area (Å²) in [6, 6.07) is 1.95. The molecule has 1 amide bonds. The zero-order valence-electron chi connectivity index (χ0n) is 9.08. The van der Waals surface area contributed by atoms with Crippen molar-refractivity contribution in [1.82, 2.24) is 15.0 Å². The maximum atomic E-state index is 11.4. The summed E-state index contributed by atoms with van der Waals surface area (Å²) in [4.78, 5) is 23.3. The third-order valence-corrected chi connectivity index (χ3v) is 2.47. The molecule has 17 heavy (non-hydrogen) atoms. The van der Waals surface area contributed by atoms with Gasteiger partial charge in [0, 0.05) is 23.5 Å². The zero-order valence-corrected chi connectivity index (χ0v) is 9.90. The highest BCUT2D eigenvalue weighted by Gasteiger charge is 2.06. The van der Waals surface area contributed by atoms with Crippen molar-refractivity contribution in [3.8, 4) is 6.01 Å². The molecule has 0 radical (unpaired) electrons. The first kappa shape index (κ1) is 11.5. The molecule has 2 aromatic rings. The fraction of sp³-hybridized carbons (Fsp3) is 0.200. The monoisotopic (exact) mass is 250 g/mol. The molecule has 0 aliphatic carbocycles. The van der Waals surface area contributed by atoms with Crippen LogP contribution < -0.4 is 10.1 Å². The van der Waals surface area contributed by atoms with Gasteiger partial charge in [-0.2, -0.15) is 0 Å². The molecular weight excluding hydrogens is 240 g/mol. The van der Waals surface area contributed by atoms with Crippen LogP contribution in [0.5, 0.6) is 6.01 Å². The Bertz CT molecular complexity index is 501. The summed E-state index contributed by atoms with van der Waals surface area (Å²) in [5.41, 5.74) is 0.787. The summed E-state index contributed by atoms with van der Waals surface area (Å²) in [7, 11) is 0. The number of hydrogen-bond acceptors (Lipinski definition) is 6. The minimum absolute atomic E-state index is 0.136. The van der Waals surface area contributed by atoms with E-state index in [-0.39, 0.29) is 18.5 Å². The summed E-state index contributed by atoms with van der Waals surface area (Å²) < 4.78 is 5.14. The van der Waals surface area contributed by atoms with Gasteiger partial charge in [-0.25, -0.2) is 15.0 Å². The highest BCUT2D eigenvalue weighted by molar-refractivity contribution is 7.13. The van der Waals surface area contributed by atoms with E-state index in [4.69, 9.17) is 4.74 Å². The van der Waals surface area contributed by atoms with Gasteiger partial charge in [0.2, 0.25) is 0 Å². The molecule has 2 heterocycles. The first-order valence-corrected chi connectivity index (χ1v) is 5.74. The largest absolute Gasteiger partial charge is 0.453 e. The van der Waals surface area contributed by atoms with Crippen LogP contribution in [-0.2, 0) is 4.79 Å². The number of nitrogens with one attached hydrogen (secondary N) is 1. The van der Waals surface area contributed by atoms with Crippen LogP contribution in [0.1, 0.15) is 5.69 Å². The quantitative estimate of drug-likeness (QED) is 0.883. The number of hydrogen-bond donors (Lipinski definition) is 1. The molecule has 2 aromatic heterocycles.